The van der Waals surface area contributed by atoms with Crippen LogP contribution in [-0.2, 0) is 0 Å². The van der Waals surface area contributed by atoms with Gasteiger partial charge in [-0.3, -0.25) is 0 Å². The minimum absolute atomic E-state index is 0.0780. The van der Waals surface area contributed by atoms with Gasteiger partial charge in [0.05, 0.1) is 10.0 Å². The lowest BCUT2D eigenvalue weighted by Gasteiger charge is -2.25. The largest absolute Gasteiger partial charge is 0.463 e. The van der Waals surface area contributed by atoms with E-state index in [-0.39, 0.29) is 5.41 Å². The number of hydrogen-bond acceptors (Lipinski definition) is 2. The number of para-hydroxylation sites is 1. The molecule has 0 aliphatic rings. The van der Waals surface area contributed by atoms with Crippen molar-refractivity contribution in [2.45, 2.75) is 33.9 Å². The Morgan fingerprint density at radius 2 is 1.33 bits per heavy atom. The number of aromatic nitrogens is 1. The van der Waals surface area contributed by atoms with Crippen LogP contribution in [0.1, 0.15) is 32.6 Å². The molecule has 1 aromatic heterocycles. The fourth-order valence-corrected chi connectivity index (χ4v) is 5.20. The zero-order valence-electron chi connectivity index (χ0n) is 24.8. The topological polar surface area (TPSA) is 26.5 Å². The average molecular weight is 606 g/mol. The highest BCUT2D eigenvalue weighted by Gasteiger charge is 2.24. The lowest BCUT2D eigenvalue weighted by molar-refractivity contribution is 0.205. The summed E-state index contributed by atoms with van der Waals surface area (Å²) < 4.78 is 9.13. The molecule has 0 aliphatic heterocycles. The molecule has 5 heteroatoms. The Balaban J connectivity index is 1.77. The molecule has 216 valence electrons. The van der Waals surface area contributed by atoms with Gasteiger partial charge in [-0.25, -0.2) is 4.99 Å². The summed E-state index contributed by atoms with van der Waals surface area (Å²) >= 11 is 13.2. The molecular weight excluding hydrogens is 571 g/mol. The zero-order valence-corrected chi connectivity index (χ0v) is 26.3. The maximum atomic E-state index is 7.14. The molecule has 0 spiro atoms. The summed E-state index contributed by atoms with van der Waals surface area (Å²) in [4.78, 5) is 5.02. The minimum Gasteiger partial charge on any atom is -0.463 e. The van der Waals surface area contributed by atoms with Crippen LogP contribution >= 0.6 is 23.2 Å². The number of aryl methyl sites for hydroxylation is 1. The molecule has 0 radical (unpaired) electrons. The number of aliphatic imine (C=N–C) groups is 1. The van der Waals surface area contributed by atoms with E-state index in [4.69, 9.17) is 32.9 Å². The highest BCUT2D eigenvalue weighted by atomic mass is 35.5. The highest BCUT2D eigenvalue weighted by Crippen LogP contribution is 2.42. The lowest BCUT2D eigenvalue weighted by atomic mass is 9.94. The summed E-state index contributed by atoms with van der Waals surface area (Å²) in [5, 5.41) is 0.907. The van der Waals surface area contributed by atoms with Crippen molar-refractivity contribution in [3.05, 3.63) is 149 Å². The van der Waals surface area contributed by atoms with Gasteiger partial charge in [0.15, 0.2) is 0 Å². The van der Waals surface area contributed by atoms with Gasteiger partial charge in [-0.2, -0.15) is 0 Å². The average Bonchev–Trinajstić information content (AvgIpc) is 3.52. The molecule has 5 aromatic rings. The molecule has 1 unspecified atom stereocenters. The number of halogens is 2. The smallest absolute Gasteiger partial charge is 0.219 e. The first-order valence-electron chi connectivity index (χ1n) is 14.2. The number of hydrogen-bond donors (Lipinski definition) is 0. The van der Waals surface area contributed by atoms with Gasteiger partial charge in [0.25, 0.3) is 0 Å². The van der Waals surface area contributed by atoms with Gasteiger partial charge in [-0.05, 0) is 71.5 Å². The van der Waals surface area contributed by atoms with E-state index in [1.807, 2.05) is 83.7 Å². The number of benzene rings is 4. The minimum atomic E-state index is -0.671. The van der Waals surface area contributed by atoms with Crippen LogP contribution in [0.25, 0.3) is 22.3 Å². The van der Waals surface area contributed by atoms with Crippen molar-refractivity contribution >= 4 is 34.6 Å². The Bertz CT molecular complexity index is 1700. The summed E-state index contributed by atoms with van der Waals surface area (Å²) in [6.07, 6.45) is 7.13. The Labute approximate surface area is 264 Å². The first-order valence-corrected chi connectivity index (χ1v) is 15.0. The van der Waals surface area contributed by atoms with Gasteiger partial charge >= 0.3 is 0 Å². The van der Waals surface area contributed by atoms with Crippen LogP contribution in [0.3, 0.4) is 0 Å². The SMILES string of the molecule is Cc1cc(-c2ccccc2)c(OC(C(C=C=CC(C)(C)C)=Nc2c(Cl)cccc2Cl)n2cccc2)c(-c2ccccc2)c1. The van der Waals surface area contributed by atoms with Crippen LogP contribution in [0.15, 0.2) is 138 Å². The molecule has 43 heavy (non-hydrogen) atoms. The molecule has 0 saturated heterocycles. The first-order chi connectivity index (χ1) is 20.7. The van der Waals surface area contributed by atoms with Gasteiger partial charge in [-0.15, -0.1) is 5.73 Å². The lowest BCUT2D eigenvalue weighted by Crippen LogP contribution is -2.23. The molecule has 0 fully saturated rings. The molecule has 4 aromatic carbocycles. The van der Waals surface area contributed by atoms with E-state index >= 15 is 0 Å². The summed E-state index contributed by atoms with van der Waals surface area (Å²) in [6, 6.07) is 34.3. The van der Waals surface area contributed by atoms with Gasteiger partial charge < -0.3 is 9.30 Å². The molecular formula is C38H34Cl2N2O. The maximum Gasteiger partial charge on any atom is 0.219 e. The second kappa shape index (κ2) is 13.4. The van der Waals surface area contributed by atoms with Crippen LogP contribution in [-0.4, -0.2) is 10.3 Å². The van der Waals surface area contributed by atoms with Crippen LogP contribution in [0.4, 0.5) is 5.69 Å². The van der Waals surface area contributed by atoms with E-state index in [0.29, 0.717) is 21.4 Å². The van der Waals surface area contributed by atoms with E-state index in [0.717, 1.165) is 33.6 Å². The predicted octanol–water partition coefficient (Wildman–Crippen LogP) is 11.5. The standard InChI is InChI=1S/C38H34Cl2N2O/c1-27-25-30(28-15-7-5-8-16-28)36(31(26-27)29-17-9-6-10-18-29)43-37(42-23-11-12-24-42)34(21-14-22-38(2,3)4)41-35-32(39)19-13-20-33(35)40/h5-13,15-26,37H,1-4H3. The highest BCUT2D eigenvalue weighted by molar-refractivity contribution is 6.39. The van der Waals surface area contributed by atoms with E-state index in [1.165, 1.54) is 0 Å². The van der Waals surface area contributed by atoms with Gasteiger partial charge in [0.2, 0.25) is 6.23 Å². The zero-order chi connectivity index (χ0) is 30.4. The summed E-state index contributed by atoms with van der Waals surface area (Å²) in [5.74, 6) is 0.743. The monoisotopic (exact) mass is 604 g/mol. The molecule has 0 saturated carbocycles. The van der Waals surface area contributed by atoms with Gasteiger partial charge in [-0.1, -0.05) is 111 Å². The molecule has 0 amide bonds. The molecule has 0 N–H and O–H groups in total. The summed E-state index contributed by atoms with van der Waals surface area (Å²) in [6.45, 7) is 8.48. The Hall–Kier alpha value is -4.27. The fraction of sp³-hybridized carbons (Fsp3) is 0.158. The van der Waals surface area contributed by atoms with Crippen molar-refractivity contribution in [1.82, 2.24) is 4.57 Å². The number of nitrogens with zero attached hydrogens (tertiary/aromatic N) is 2. The molecule has 3 nitrogen and oxygen atoms in total. The third kappa shape index (κ3) is 7.58. The fourth-order valence-electron chi connectivity index (χ4n) is 4.71. The molecule has 1 atom stereocenters. The van der Waals surface area contributed by atoms with E-state index in [2.05, 4.69) is 69.8 Å². The normalized spacial score (nSPS) is 12.4. The van der Waals surface area contributed by atoms with Crippen molar-refractivity contribution in [3.63, 3.8) is 0 Å². The maximum absolute atomic E-state index is 7.14. The molecule has 0 bridgehead atoms. The van der Waals surface area contributed by atoms with Crippen LogP contribution < -0.4 is 4.74 Å². The van der Waals surface area contributed by atoms with E-state index in [1.54, 1.807) is 12.1 Å². The Kier molecular flexibility index (Phi) is 9.38. The quantitative estimate of drug-likeness (QED) is 0.128. The van der Waals surface area contributed by atoms with Crippen LogP contribution in [0, 0.1) is 12.3 Å². The van der Waals surface area contributed by atoms with Gasteiger partial charge in [0, 0.05) is 29.6 Å². The van der Waals surface area contributed by atoms with Crippen molar-refractivity contribution in [2.24, 2.45) is 10.4 Å². The number of rotatable bonds is 8. The summed E-state index contributed by atoms with van der Waals surface area (Å²) in [5.41, 5.74) is 9.56. The predicted molar refractivity (Wildman–Crippen MR) is 182 cm³/mol. The van der Waals surface area contributed by atoms with E-state index in [9.17, 15) is 0 Å². The van der Waals surface area contributed by atoms with Crippen molar-refractivity contribution < 1.29 is 4.74 Å². The van der Waals surface area contributed by atoms with Crippen LogP contribution in [0.5, 0.6) is 5.75 Å². The van der Waals surface area contributed by atoms with Gasteiger partial charge in [0.1, 0.15) is 17.1 Å². The second-order valence-corrected chi connectivity index (χ2v) is 12.3. The third-order valence-electron chi connectivity index (χ3n) is 6.71. The molecule has 0 aliphatic carbocycles. The Morgan fingerprint density at radius 1 is 0.791 bits per heavy atom. The Morgan fingerprint density at radius 3 is 1.84 bits per heavy atom. The summed E-state index contributed by atoms with van der Waals surface area (Å²) in [7, 11) is 0. The second-order valence-electron chi connectivity index (χ2n) is 11.4. The van der Waals surface area contributed by atoms with Crippen molar-refractivity contribution in [2.75, 3.05) is 0 Å². The number of ether oxygens (including phenoxy) is 1. The third-order valence-corrected chi connectivity index (χ3v) is 7.32. The molecule has 5 rings (SSSR count). The molecule has 1 heterocycles. The first kappa shape index (κ1) is 30.2. The van der Waals surface area contributed by atoms with E-state index < -0.39 is 6.23 Å². The van der Waals surface area contributed by atoms with Crippen LogP contribution in [0.2, 0.25) is 10.0 Å². The van der Waals surface area contributed by atoms with Crippen molar-refractivity contribution in [3.8, 4) is 28.0 Å². The van der Waals surface area contributed by atoms with Crippen molar-refractivity contribution in [1.29, 1.82) is 0 Å².